The van der Waals surface area contributed by atoms with Crippen molar-refractivity contribution in [2.24, 2.45) is 0 Å². The first kappa shape index (κ1) is 26.8. The predicted molar refractivity (Wildman–Crippen MR) is 146 cm³/mol. The summed E-state index contributed by atoms with van der Waals surface area (Å²) in [5, 5.41) is 15.1. The molecule has 1 fully saturated rings. The summed E-state index contributed by atoms with van der Waals surface area (Å²) in [6, 6.07) is 11.9. The number of benzene rings is 2. The molecule has 1 aliphatic heterocycles. The van der Waals surface area contributed by atoms with Crippen LogP contribution in [0.1, 0.15) is 27.5 Å². The van der Waals surface area contributed by atoms with Crippen molar-refractivity contribution in [3.8, 4) is 5.75 Å². The summed E-state index contributed by atoms with van der Waals surface area (Å²) in [6.07, 6.45) is 6.59. The van der Waals surface area contributed by atoms with Crippen LogP contribution < -0.4 is 10.1 Å². The Kier molecular flexibility index (Phi) is 7.17. The predicted octanol–water partition coefficient (Wildman–Crippen LogP) is 2.89. The highest BCUT2D eigenvalue weighted by Gasteiger charge is 2.35. The molecule has 3 amide bonds. The van der Waals surface area contributed by atoms with Gasteiger partial charge >= 0.3 is 6.61 Å². The van der Waals surface area contributed by atoms with Gasteiger partial charge in [-0.05, 0) is 29.0 Å². The summed E-state index contributed by atoms with van der Waals surface area (Å²) in [6.45, 7) is -2.06. The Morgan fingerprint density at radius 1 is 1.05 bits per heavy atom. The molecule has 3 aromatic heterocycles. The third kappa shape index (κ3) is 5.09. The van der Waals surface area contributed by atoms with E-state index in [-0.39, 0.29) is 41.3 Å². The van der Waals surface area contributed by atoms with Crippen LogP contribution in [0.5, 0.6) is 5.75 Å². The van der Waals surface area contributed by atoms with Gasteiger partial charge in [-0.15, -0.1) is 0 Å². The van der Waals surface area contributed by atoms with Crippen LogP contribution in [0, 0.1) is 0 Å². The van der Waals surface area contributed by atoms with E-state index in [2.05, 4.69) is 25.6 Å². The summed E-state index contributed by atoms with van der Waals surface area (Å²) in [5.41, 5.74) is 1.00. The number of ether oxygens (including phenoxy) is 1. The number of halogens is 2. The lowest BCUT2D eigenvalue weighted by Crippen LogP contribution is -2.49. The molecule has 0 aliphatic carbocycles. The second kappa shape index (κ2) is 11.2. The Hall–Kier alpha value is -5.40. The molecule has 14 heteroatoms. The molecule has 214 valence electrons. The molecular formula is C28H24F2N8O4. The van der Waals surface area contributed by atoms with Crippen LogP contribution in [0.15, 0.2) is 67.3 Å². The largest absolute Gasteiger partial charge is 0.434 e. The van der Waals surface area contributed by atoms with E-state index in [0.29, 0.717) is 29.5 Å². The molecule has 2 N–H and O–H groups in total. The molecule has 4 heterocycles. The number of nitrogens with zero attached hydrogens (tertiary/aromatic N) is 6. The zero-order valence-electron chi connectivity index (χ0n) is 22.0. The van der Waals surface area contributed by atoms with Gasteiger partial charge in [0.1, 0.15) is 17.2 Å². The van der Waals surface area contributed by atoms with Crippen LogP contribution in [0.25, 0.3) is 16.4 Å². The standard InChI is InChI=1S/C28H24F2N8O4/c29-28(30)42-22-13-18-5-2-1-4-17(18)12-19(22)23(27(41)37-10-8-36(16-39)9-11-37)24-21(15-32-35-24)34-26(40)20-14-33-38-7-3-6-31-25(20)38/h1-7,12-16,23,28H,8-11H2,(H,32,35)(H,34,40). The van der Waals surface area contributed by atoms with Gasteiger partial charge in [-0.25, -0.2) is 9.50 Å². The van der Waals surface area contributed by atoms with Gasteiger partial charge in [-0.3, -0.25) is 19.5 Å². The number of aromatic nitrogens is 5. The summed E-state index contributed by atoms with van der Waals surface area (Å²) >= 11 is 0. The summed E-state index contributed by atoms with van der Waals surface area (Å²) in [5.74, 6) is -2.40. The number of H-pyrrole nitrogens is 1. The number of hydrogen-bond donors (Lipinski definition) is 2. The number of amides is 3. The van der Waals surface area contributed by atoms with Crippen molar-refractivity contribution < 1.29 is 27.9 Å². The lowest BCUT2D eigenvalue weighted by molar-refractivity contribution is -0.135. The lowest BCUT2D eigenvalue weighted by Gasteiger charge is -2.35. The van der Waals surface area contributed by atoms with Crippen molar-refractivity contribution in [3.63, 3.8) is 0 Å². The second-order valence-corrected chi connectivity index (χ2v) is 9.61. The maximum absolute atomic E-state index is 14.2. The first-order valence-corrected chi connectivity index (χ1v) is 13.0. The van der Waals surface area contributed by atoms with Gasteiger partial charge in [-0.2, -0.15) is 19.0 Å². The average Bonchev–Trinajstić information content (AvgIpc) is 3.64. The van der Waals surface area contributed by atoms with Crippen molar-refractivity contribution >= 4 is 40.3 Å². The minimum atomic E-state index is -3.15. The van der Waals surface area contributed by atoms with Gasteiger partial charge < -0.3 is 19.9 Å². The van der Waals surface area contributed by atoms with E-state index in [4.69, 9.17) is 4.74 Å². The molecule has 5 aromatic rings. The maximum atomic E-state index is 14.2. The van der Waals surface area contributed by atoms with Crippen LogP contribution in [0.4, 0.5) is 14.5 Å². The highest BCUT2D eigenvalue weighted by atomic mass is 19.3. The third-order valence-electron chi connectivity index (χ3n) is 7.16. The van der Waals surface area contributed by atoms with E-state index in [0.717, 1.165) is 6.41 Å². The molecule has 6 rings (SSSR count). The minimum Gasteiger partial charge on any atom is -0.434 e. The molecule has 0 saturated carbocycles. The number of alkyl halides is 2. The van der Waals surface area contributed by atoms with Gasteiger partial charge in [0.25, 0.3) is 5.91 Å². The van der Waals surface area contributed by atoms with Gasteiger partial charge in [0.2, 0.25) is 12.3 Å². The fourth-order valence-electron chi connectivity index (χ4n) is 5.10. The highest BCUT2D eigenvalue weighted by Crippen LogP contribution is 2.39. The van der Waals surface area contributed by atoms with E-state index in [1.807, 2.05) is 0 Å². The molecule has 1 atom stereocenters. The molecule has 0 bridgehead atoms. The zero-order valence-corrected chi connectivity index (χ0v) is 22.0. The number of piperazine rings is 1. The first-order valence-electron chi connectivity index (χ1n) is 13.0. The Morgan fingerprint density at radius 2 is 1.81 bits per heavy atom. The van der Waals surface area contributed by atoms with Crippen LogP contribution in [0.3, 0.4) is 0 Å². The fourth-order valence-corrected chi connectivity index (χ4v) is 5.10. The number of carbonyl (C=O) groups is 3. The van der Waals surface area contributed by atoms with Gasteiger partial charge in [-0.1, -0.05) is 24.3 Å². The first-order chi connectivity index (χ1) is 20.4. The Bertz CT molecular complexity index is 1780. The number of aromatic amines is 1. The molecule has 0 radical (unpaired) electrons. The third-order valence-corrected chi connectivity index (χ3v) is 7.16. The number of carbonyl (C=O) groups excluding carboxylic acids is 3. The van der Waals surface area contributed by atoms with Crippen molar-refractivity contribution in [2.75, 3.05) is 31.5 Å². The van der Waals surface area contributed by atoms with Gasteiger partial charge in [0, 0.05) is 44.1 Å². The quantitative estimate of drug-likeness (QED) is 0.272. The second-order valence-electron chi connectivity index (χ2n) is 9.61. The molecule has 2 aromatic carbocycles. The zero-order chi connectivity index (χ0) is 29.2. The van der Waals surface area contributed by atoms with Crippen LogP contribution >= 0.6 is 0 Å². The Labute approximate surface area is 236 Å². The summed E-state index contributed by atoms with van der Waals surface area (Å²) in [7, 11) is 0. The van der Waals surface area contributed by atoms with Crippen molar-refractivity contribution in [1.29, 1.82) is 0 Å². The topological polar surface area (TPSA) is 138 Å². The van der Waals surface area contributed by atoms with Crippen LogP contribution in [-0.2, 0) is 9.59 Å². The monoisotopic (exact) mass is 574 g/mol. The van der Waals surface area contributed by atoms with Crippen LogP contribution in [0.2, 0.25) is 0 Å². The smallest absolute Gasteiger partial charge is 0.387 e. The van der Waals surface area contributed by atoms with E-state index < -0.39 is 24.3 Å². The summed E-state index contributed by atoms with van der Waals surface area (Å²) in [4.78, 5) is 46.1. The maximum Gasteiger partial charge on any atom is 0.387 e. The van der Waals surface area contributed by atoms with Crippen LogP contribution in [-0.4, -0.2) is 85.6 Å². The van der Waals surface area contributed by atoms with E-state index in [1.54, 1.807) is 52.4 Å². The minimum absolute atomic E-state index is 0.161. The number of rotatable bonds is 8. The van der Waals surface area contributed by atoms with Gasteiger partial charge in [0.05, 0.1) is 23.8 Å². The van der Waals surface area contributed by atoms with Crippen molar-refractivity contribution in [2.45, 2.75) is 12.5 Å². The number of hydrogen-bond acceptors (Lipinski definition) is 7. The molecule has 1 saturated heterocycles. The molecule has 0 spiro atoms. The molecular weight excluding hydrogens is 550 g/mol. The van der Waals surface area contributed by atoms with E-state index in [9.17, 15) is 23.2 Å². The Morgan fingerprint density at radius 3 is 2.55 bits per heavy atom. The lowest BCUT2D eigenvalue weighted by atomic mass is 9.90. The molecule has 1 aliphatic rings. The average molecular weight is 575 g/mol. The molecule has 42 heavy (non-hydrogen) atoms. The normalized spacial score (nSPS) is 14.4. The number of fused-ring (bicyclic) bond motifs is 2. The molecule has 12 nitrogen and oxygen atoms in total. The summed E-state index contributed by atoms with van der Waals surface area (Å²) < 4.78 is 33.6. The number of anilines is 1. The van der Waals surface area contributed by atoms with Crippen molar-refractivity contribution in [3.05, 3.63) is 84.1 Å². The van der Waals surface area contributed by atoms with E-state index >= 15 is 0 Å². The Balaban J connectivity index is 1.44. The van der Waals surface area contributed by atoms with E-state index in [1.165, 1.54) is 29.2 Å². The molecule has 1 unspecified atom stereocenters. The van der Waals surface area contributed by atoms with Gasteiger partial charge in [0.15, 0.2) is 5.65 Å². The fraction of sp³-hybridized carbons (Fsp3) is 0.214. The van der Waals surface area contributed by atoms with Crippen molar-refractivity contribution in [1.82, 2.24) is 34.6 Å². The SMILES string of the molecule is O=CN1CCN(C(=O)C(c2cc3ccccc3cc2OC(F)F)c2[nH]ncc2NC(=O)c2cnn3cccnc23)CC1. The highest BCUT2D eigenvalue weighted by molar-refractivity contribution is 6.08. The number of nitrogens with one attached hydrogen (secondary N) is 2.